The third kappa shape index (κ3) is 9.60. The van der Waals surface area contributed by atoms with E-state index in [9.17, 15) is 13.2 Å². The fourth-order valence-corrected chi connectivity index (χ4v) is 3.94. The molecule has 8 heteroatoms. The number of alkyl halides is 4. The van der Waals surface area contributed by atoms with Crippen molar-refractivity contribution in [3.63, 3.8) is 0 Å². The number of aliphatic hydroxyl groups is 1. The van der Waals surface area contributed by atoms with E-state index in [0.717, 1.165) is 25.7 Å². The van der Waals surface area contributed by atoms with E-state index in [4.69, 9.17) is 30.9 Å². The first-order chi connectivity index (χ1) is 14.2. The summed E-state index contributed by atoms with van der Waals surface area (Å²) in [4.78, 5) is 0. The number of ether oxygens (including phenoxy) is 3. The van der Waals surface area contributed by atoms with Gasteiger partial charge in [0.25, 0.3) is 0 Å². The zero-order valence-electron chi connectivity index (χ0n) is 18.7. The third-order valence-corrected chi connectivity index (χ3v) is 5.92. The number of hydrogen-bond donors (Lipinski definition) is 1. The van der Waals surface area contributed by atoms with Gasteiger partial charge < -0.3 is 19.3 Å². The molecule has 180 valence electrons. The summed E-state index contributed by atoms with van der Waals surface area (Å²) in [5.74, 6) is -3.86. The molecule has 1 N–H and O–H groups in total. The van der Waals surface area contributed by atoms with E-state index in [1.54, 1.807) is 6.92 Å². The second-order valence-electron chi connectivity index (χ2n) is 8.28. The Bertz CT molecular complexity index is 443. The van der Waals surface area contributed by atoms with Gasteiger partial charge in [0.05, 0.1) is 18.3 Å². The Morgan fingerprint density at radius 3 is 2.20 bits per heavy atom. The average Bonchev–Trinajstić information content (AvgIpc) is 2.69. The van der Waals surface area contributed by atoms with Gasteiger partial charge in [-0.15, -0.1) is 0 Å². The van der Waals surface area contributed by atoms with Crippen LogP contribution >= 0.6 is 11.6 Å². The number of halogens is 4. The van der Waals surface area contributed by atoms with Crippen LogP contribution in [0.1, 0.15) is 85.0 Å². The molecule has 0 aromatic rings. The lowest BCUT2D eigenvalue weighted by Gasteiger charge is -2.37. The summed E-state index contributed by atoms with van der Waals surface area (Å²) in [5, 5.41) is 5.66. The number of aliphatic hydroxyl groups excluding tert-OH is 1. The molecule has 0 aromatic heterocycles. The van der Waals surface area contributed by atoms with Crippen molar-refractivity contribution in [2.24, 2.45) is 0 Å². The Morgan fingerprint density at radius 1 is 1.00 bits per heavy atom. The molecular weight excluding hydrogens is 421 g/mol. The van der Waals surface area contributed by atoms with Crippen LogP contribution < -0.4 is 0 Å². The minimum Gasteiger partial charge on any atom is -0.396 e. The van der Waals surface area contributed by atoms with Gasteiger partial charge in [-0.2, -0.15) is 8.78 Å². The predicted octanol–water partition coefficient (Wildman–Crippen LogP) is 6.02. The zero-order valence-corrected chi connectivity index (χ0v) is 19.4. The molecular formula is C22H40ClF3O4. The Balaban J connectivity index is 2.85. The van der Waals surface area contributed by atoms with Crippen LogP contribution in [-0.2, 0) is 14.2 Å². The largest absolute Gasteiger partial charge is 0.396 e. The fourth-order valence-electron chi connectivity index (χ4n) is 3.82. The Hall–Kier alpha value is -0.0800. The first-order valence-electron chi connectivity index (χ1n) is 11.4. The second kappa shape index (κ2) is 14.1. The molecule has 0 heterocycles. The van der Waals surface area contributed by atoms with Gasteiger partial charge in [0.2, 0.25) is 5.13 Å². The molecule has 4 unspecified atom stereocenters. The highest BCUT2D eigenvalue weighted by molar-refractivity contribution is 6.23. The fraction of sp³-hybridized carbons (Fsp3) is 1.00. The van der Waals surface area contributed by atoms with Gasteiger partial charge in [0.15, 0.2) is 0 Å². The summed E-state index contributed by atoms with van der Waals surface area (Å²) in [7, 11) is 0. The monoisotopic (exact) mass is 460 g/mol. The van der Waals surface area contributed by atoms with Crippen LogP contribution in [0.15, 0.2) is 0 Å². The van der Waals surface area contributed by atoms with Crippen molar-refractivity contribution in [2.75, 3.05) is 19.8 Å². The van der Waals surface area contributed by atoms with E-state index >= 15 is 0 Å². The summed E-state index contributed by atoms with van der Waals surface area (Å²) in [6.45, 7) is 5.38. The topological polar surface area (TPSA) is 47.9 Å². The Kier molecular flexibility index (Phi) is 13.2. The Labute approximate surface area is 184 Å². The molecule has 0 aliphatic heterocycles. The minimum atomic E-state index is -3.86. The number of hydrogen-bond acceptors (Lipinski definition) is 4. The van der Waals surface area contributed by atoms with E-state index < -0.39 is 23.3 Å². The highest BCUT2D eigenvalue weighted by atomic mass is 35.5. The number of rotatable bonds is 16. The molecule has 0 spiro atoms. The molecule has 0 bridgehead atoms. The van der Waals surface area contributed by atoms with Crippen LogP contribution in [0.25, 0.3) is 0 Å². The summed E-state index contributed by atoms with van der Waals surface area (Å²) >= 11 is 5.45. The van der Waals surface area contributed by atoms with Crippen molar-refractivity contribution in [1.29, 1.82) is 0 Å². The maximum atomic E-state index is 14.9. The highest BCUT2D eigenvalue weighted by Gasteiger charge is 2.57. The van der Waals surface area contributed by atoms with E-state index in [-0.39, 0.29) is 25.2 Å². The van der Waals surface area contributed by atoms with Gasteiger partial charge >= 0.3 is 5.92 Å². The molecule has 0 saturated heterocycles. The maximum Gasteiger partial charge on any atom is 0.320 e. The maximum absolute atomic E-state index is 14.9. The van der Waals surface area contributed by atoms with E-state index in [1.807, 2.05) is 6.92 Å². The molecule has 30 heavy (non-hydrogen) atoms. The molecule has 1 rings (SSSR count). The Morgan fingerprint density at radius 2 is 1.67 bits per heavy atom. The standard InChI is InChI=1S/C22H40ClF3O4/c1-4-17(29-14-10-9-13-27)15-19(28-5-2)16-20(22(25,26)21(3,23)24)30-18-11-7-6-8-12-18/h17-20,27H,4-16H2,1-3H3. The molecule has 1 saturated carbocycles. The third-order valence-electron chi connectivity index (χ3n) is 5.67. The van der Waals surface area contributed by atoms with Crippen LogP contribution in [0.5, 0.6) is 0 Å². The normalized spacial score (nSPS) is 21.2. The van der Waals surface area contributed by atoms with Crippen molar-refractivity contribution < 1.29 is 32.5 Å². The van der Waals surface area contributed by atoms with Crippen molar-refractivity contribution in [3.8, 4) is 0 Å². The van der Waals surface area contributed by atoms with Gasteiger partial charge in [-0.05, 0) is 52.4 Å². The average molecular weight is 461 g/mol. The van der Waals surface area contributed by atoms with Crippen LogP contribution in [0.4, 0.5) is 13.2 Å². The smallest absolute Gasteiger partial charge is 0.320 e. The van der Waals surface area contributed by atoms with E-state index in [1.165, 1.54) is 0 Å². The quantitative estimate of drug-likeness (QED) is 0.226. The molecule has 4 atom stereocenters. The van der Waals surface area contributed by atoms with Crippen molar-refractivity contribution >= 4 is 11.6 Å². The number of unbranched alkanes of at least 4 members (excludes halogenated alkanes) is 1. The molecule has 0 aromatic carbocycles. The van der Waals surface area contributed by atoms with Crippen molar-refractivity contribution in [1.82, 2.24) is 0 Å². The molecule has 1 aliphatic rings. The van der Waals surface area contributed by atoms with Gasteiger partial charge in [-0.25, -0.2) is 4.39 Å². The van der Waals surface area contributed by atoms with Crippen LogP contribution in [0.3, 0.4) is 0 Å². The first-order valence-corrected chi connectivity index (χ1v) is 11.8. The van der Waals surface area contributed by atoms with E-state index in [2.05, 4.69) is 0 Å². The zero-order chi connectivity index (χ0) is 22.6. The van der Waals surface area contributed by atoms with Gasteiger partial charge in [-0.1, -0.05) is 37.8 Å². The van der Waals surface area contributed by atoms with Crippen LogP contribution in [-0.4, -0.2) is 60.4 Å². The lowest BCUT2D eigenvalue weighted by Crippen LogP contribution is -2.51. The molecule has 0 amide bonds. The molecule has 1 aliphatic carbocycles. The summed E-state index contributed by atoms with van der Waals surface area (Å²) in [6, 6.07) is 0. The van der Waals surface area contributed by atoms with Gasteiger partial charge in [-0.3, -0.25) is 0 Å². The van der Waals surface area contributed by atoms with Crippen LogP contribution in [0.2, 0.25) is 0 Å². The van der Waals surface area contributed by atoms with Gasteiger partial charge in [0.1, 0.15) is 6.10 Å². The second-order valence-corrected chi connectivity index (χ2v) is 8.99. The lowest BCUT2D eigenvalue weighted by molar-refractivity contribution is -0.213. The first kappa shape index (κ1) is 28.0. The SMILES string of the molecule is CCOC(CC(CC)OCCCCO)CC(OC1CCCCC1)C(F)(F)C(C)(F)Cl. The van der Waals surface area contributed by atoms with Gasteiger partial charge in [0, 0.05) is 26.2 Å². The molecule has 1 fully saturated rings. The van der Waals surface area contributed by atoms with E-state index in [0.29, 0.717) is 52.2 Å². The summed E-state index contributed by atoms with van der Waals surface area (Å²) in [6.07, 6.45) is 3.92. The summed E-state index contributed by atoms with van der Waals surface area (Å²) in [5.41, 5.74) is 0. The van der Waals surface area contributed by atoms with Crippen LogP contribution in [0, 0.1) is 0 Å². The highest BCUT2D eigenvalue weighted by Crippen LogP contribution is 2.43. The predicted molar refractivity (Wildman–Crippen MR) is 113 cm³/mol. The lowest BCUT2D eigenvalue weighted by atomic mass is 9.95. The van der Waals surface area contributed by atoms with Crippen molar-refractivity contribution in [3.05, 3.63) is 0 Å². The minimum absolute atomic E-state index is 0.109. The molecule has 4 nitrogen and oxygen atoms in total. The summed E-state index contributed by atoms with van der Waals surface area (Å²) < 4.78 is 61.4. The molecule has 0 radical (unpaired) electrons. The van der Waals surface area contributed by atoms with Crippen molar-refractivity contribution in [2.45, 2.75) is 120 Å².